The SMILES string of the molecule is O=C(COc1cccc(Cl)c1Cl)NNC(=S)Nc1ccc2c(c1)OCCO2. The number of benzene rings is 2. The Morgan fingerprint density at radius 1 is 1.11 bits per heavy atom. The molecule has 0 atom stereocenters. The topological polar surface area (TPSA) is 80.9 Å². The van der Waals surface area contributed by atoms with E-state index in [1.54, 1.807) is 36.4 Å². The first-order valence-corrected chi connectivity index (χ1v) is 9.01. The fourth-order valence-corrected chi connectivity index (χ4v) is 2.70. The van der Waals surface area contributed by atoms with Crippen molar-refractivity contribution < 1.29 is 19.0 Å². The molecule has 1 aliphatic rings. The number of nitrogens with one attached hydrogen (secondary N) is 3. The average Bonchev–Trinajstić information content (AvgIpc) is 2.67. The smallest absolute Gasteiger partial charge is 0.276 e. The molecule has 1 heterocycles. The Balaban J connectivity index is 1.44. The van der Waals surface area contributed by atoms with Gasteiger partial charge >= 0.3 is 0 Å². The molecule has 3 N–H and O–H groups in total. The molecule has 2 aromatic rings. The lowest BCUT2D eigenvalue weighted by Crippen LogP contribution is -2.45. The Hall–Kier alpha value is -2.42. The number of hydrogen-bond donors (Lipinski definition) is 3. The van der Waals surface area contributed by atoms with E-state index < -0.39 is 5.91 Å². The van der Waals surface area contributed by atoms with Crippen LogP contribution in [0.4, 0.5) is 5.69 Å². The summed E-state index contributed by atoms with van der Waals surface area (Å²) in [6.45, 7) is 0.750. The lowest BCUT2D eigenvalue weighted by molar-refractivity contribution is -0.123. The second-order valence-corrected chi connectivity index (χ2v) is 6.52. The van der Waals surface area contributed by atoms with Gasteiger partial charge in [-0.05, 0) is 36.5 Å². The Kier molecular flexibility index (Phi) is 6.44. The molecule has 2 aromatic carbocycles. The summed E-state index contributed by atoms with van der Waals surface area (Å²) in [5.41, 5.74) is 5.69. The molecule has 3 rings (SSSR count). The summed E-state index contributed by atoms with van der Waals surface area (Å²) in [4.78, 5) is 11.9. The number of fused-ring (bicyclic) bond motifs is 1. The monoisotopic (exact) mass is 427 g/mol. The Morgan fingerprint density at radius 3 is 2.70 bits per heavy atom. The summed E-state index contributed by atoms with van der Waals surface area (Å²) in [5, 5.41) is 3.71. The summed E-state index contributed by atoms with van der Waals surface area (Å²) >= 11 is 17.0. The molecule has 0 aliphatic carbocycles. The zero-order valence-corrected chi connectivity index (χ0v) is 16.2. The van der Waals surface area contributed by atoms with Crippen LogP contribution in [0, 0.1) is 0 Å². The van der Waals surface area contributed by atoms with Crippen molar-refractivity contribution >= 4 is 52.1 Å². The maximum absolute atomic E-state index is 11.9. The largest absolute Gasteiger partial charge is 0.486 e. The van der Waals surface area contributed by atoms with Gasteiger partial charge in [-0.1, -0.05) is 29.3 Å². The summed E-state index contributed by atoms with van der Waals surface area (Å²) in [6.07, 6.45) is 0. The van der Waals surface area contributed by atoms with Crippen molar-refractivity contribution in [3.05, 3.63) is 46.4 Å². The highest BCUT2D eigenvalue weighted by molar-refractivity contribution is 7.80. The standard InChI is InChI=1S/C17H15Cl2N3O4S/c18-11-2-1-3-13(16(11)19)26-9-15(23)21-22-17(27)20-10-4-5-12-14(8-10)25-7-6-24-12/h1-5,8H,6-7,9H2,(H,21,23)(H2,20,22,27). The molecule has 0 fully saturated rings. The molecule has 0 bridgehead atoms. The summed E-state index contributed by atoms with van der Waals surface area (Å²) in [7, 11) is 0. The van der Waals surface area contributed by atoms with E-state index in [-0.39, 0.29) is 16.7 Å². The van der Waals surface area contributed by atoms with Crippen molar-refractivity contribution in [2.75, 3.05) is 25.1 Å². The fraction of sp³-hybridized carbons (Fsp3) is 0.176. The van der Waals surface area contributed by atoms with Crippen molar-refractivity contribution in [1.29, 1.82) is 0 Å². The molecular formula is C17H15Cl2N3O4S. The quantitative estimate of drug-likeness (QED) is 0.510. The predicted molar refractivity (Wildman–Crippen MR) is 107 cm³/mol. The highest BCUT2D eigenvalue weighted by Gasteiger charge is 2.12. The lowest BCUT2D eigenvalue weighted by Gasteiger charge is -2.19. The van der Waals surface area contributed by atoms with Crippen LogP contribution in [0.1, 0.15) is 0 Å². The predicted octanol–water partition coefficient (Wildman–Crippen LogP) is 3.16. The number of carbonyl (C=O) groups is 1. The van der Waals surface area contributed by atoms with E-state index in [4.69, 9.17) is 49.6 Å². The molecule has 0 aromatic heterocycles. The molecule has 142 valence electrons. The maximum atomic E-state index is 11.9. The summed E-state index contributed by atoms with van der Waals surface area (Å²) in [6, 6.07) is 10.2. The molecule has 27 heavy (non-hydrogen) atoms. The molecule has 0 spiro atoms. The Bertz CT molecular complexity index is 866. The van der Waals surface area contributed by atoms with E-state index in [0.29, 0.717) is 41.2 Å². The van der Waals surface area contributed by atoms with Crippen molar-refractivity contribution in [1.82, 2.24) is 10.9 Å². The Morgan fingerprint density at radius 2 is 1.89 bits per heavy atom. The van der Waals surface area contributed by atoms with Crippen LogP contribution in [0.15, 0.2) is 36.4 Å². The van der Waals surface area contributed by atoms with E-state index in [9.17, 15) is 4.79 Å². The molecule has 10 heteroatoms. The van der Waals surface area contributed by atoms with Gasteiger partial charge in [-0.15, -0.1) is 0 Å². The number of rotatable bonds is 4. The highest BCUT2D eigenvalue weighted by atomic mass is 35.5. The van der Waals surface area contributed by atoms with Gasteiger partial charge in [0.1, 0.15) is 24.0 Å². The third kappa shape index (κ3) is 5.29. The van der Waals surface area contributed by atoms with Crippen LogP contribution in [-0.4, -0.2) is 30.8 Å². The molecule has 0 saturated heterocycles. The van der Waals surface area contributed by atoms with Crippen LogP contribution in [0.2, 0.25) is 10.0 Å². The van der Waals surface area contributed by atoms with Crippen molar-refractivity contribution in [3.63, 3.8) is 0 Å². The number of amides is 1. The molecule has 0 radical (unpaired) electrons. The van der Waals surface area contributed by atoms with Crippen LogP contribution in [0.5, 0.6) is 17.2 Å². The number of anilines is 1. The van der Waals surface area contributed by atoms with Crippen LogP contribution < -0.4 is 30.4 Å². The van der Waals surface area contributed by atoms with E-state index >= 15 is 0 Å². The van der Waals surface area contributed by atoms with Gasteiger partial charge in [0.2, 0.25) is 0 Å². The van der Waals surface area contributed by atoms with E-state index in [2.05, 4.69) is 16.2 Å². The molecule has 1 aliphatic heterocycles. The van der Waals surface area contributed by atoms with Gasteiger partial charge in [0, 0.05) is 11.8 Å². The van der Waals surface area contributed by atoms with Gasteiger partial charge in [-0.2, -0.15) is 0 Å². The van der Waals surface area contributed by atoms with Gasteiger partial charge in [0.15, 0.2) is 23.2 Å². The highest BCUT2D eigenvalue weighted by Crippen LogP contribution is 2.32. The third-order valence-corrected chi connectivity index (χ3v) is 4.40. The van der Waals surface area contributed by atoms with Gasteiger partial charge in [-0.25, -0.2) is 0 Å². The van der Waals surface area contributed by atoms with E-state index in [1.165, 1.54) is 0 Å². The van der Waals surface area contributed by atoms with Gasteiger partial charge in [-0.3, -0.25) is 15.6 Å². The molecule has 0 unspecified atom stereocenters. The first-order valence-electron chi connectivity index (χ1n) is 7.85. The molecule has 7 nitrogen and oxygen atoms in total. The van der Waals surface area contributed by atoms with Crippen LogP contribution in [0.25, 0.3) is 0 Å². The second-order valence-electron chi connectivity index (χ2n) is 5.33. The summed E-state index contributed by atoms with van der Waals surface area (Å²) in [5.74, 6) is 1.18. The zero-order valence-electron chi connectivity index (χ0n) is 13.9. The van der Waals surface area contributed by atoms with Crippen molar-refractivity contribution in [2.45, 2.75) is 0 Å². The minimum atomic E-state index is -0.447. The van der Waals surface area contributed by atoms with Crippen molar-refractivity contribution in [3.8, 4) is 17.2 Å². The summed E-state index contributed by atoms with van der Waals surface area (Å²) < 4.78 is 16.3. The van der Waals surface area contributed by atoms with E-state index in [1.807, 2.05) is 0 Å². The Labute approximate surface area is 170 Å². The number of halogens is 2. The maximum Gasteiger partial charge on any atom is 0.276 e. The molecule has 0 saturated carbocycles. The van der Waals surface area contributed by atoms with Gasteiger partial charge < -0.3 is 19.5 Å². The van der Waals surface area contributed by atoms with Crippen molar-refractivity contribution in [2.24, 2.45) is 0 Å². The molecule has 1 amide bonds. The zero-order chi connectivity index (χ0) is 19.2. The first kappa shape index (κ1) is 19.3. The van der Waals surface area contributed by atoms with Gasteiger partial charge in [0.05, 0.1) is 5.02 Å². The third-order valence-electron chi connectivity index (χ3n) is 3.39. The second kappa shape index (κ2) is 8.98. The minimum Gasteiger partial charge on any atom is -0.486 e. The first-order chi connectivity index (χ1) is 13.0. The van der Waals surface area contributed by atoms with Crippen LogP contribution in [-0.2, 0) is 4.79 Å². The number of ether oxygens (including phenoxy) is 3. The number of carbonyl (C=O) groups excluding carboxylic acids is 1. The van der Waals surface area contributed by atoms with Crippen LogP contribution in [0.3, 0.4) is 0 Å². The minimum absolute atomic E-state index is 0.195. The normalized spacial score (nSPS) is 12.1. The molecular weight excluding hydrogens is 413 g/mol. The number of hydrogen-bond acceptors (Lipinski definition) is 5. The fourth-order valence-electron chi connectivity index (χ4n) is 2.18. The van der Waals surface area contributed by atoms with E-state index in [0.717, 1.165) is 0 Å². The number of hydrazine groups is 1. The average molecular weight is 428 g/mol. The lowest BCUT2D eigenvalue weighted by atomic mass is 10.2. The van der Waals surface area contributed by atoms with Crippen LogP contribution >= 0.6 is 35.4 Å². The number of thiocarbonyl (C=S) groups is 1. The van der Waals surface area contributed by atoms with Gasteiger partial charge in [0.25, 0.3) is 5.91 Å².